The van der Waals surface area contributed by atoms with Gasteiger partial charge in [-0.2, -0.15) is 13.2 Å². The van der Waals surface area contributed by atoms with Crippen molar-refractivity contribution in [3.8, 4) is 0 Å². The highest BCUT2D eigenvalue weighted by Crippen LogP contribution is 2.31. The van der Waals surface area contributed by atoms with Crippen molar-refractivity contribution >= 4 is 22.6 Å². The van der Waals surface area contributed by atoms with E-state index in [2.05, 4.69) is 4.72 Å². The molecule has 0 bridgehead atoms. The minimum atomic E-state index is -4.39. The number of hydrogen-bond donors (Lipinski definition) is 1. The van der Waals surface area contributed by atoms with Gasteiger partial charge < -0.3 is 0 Å². The fourth-order valence-electron chi connectivity index (χ4n) is 2.13. The van der Waals surface area contributed by atoms with Crippen molar-refractivity contribution in [1.29, 1.82) is 0 Å². The molecule has 7 heteroatoms. The van der Waals surface area contributed by atoms with Gasteiger partial charge in [-0.15, -0.1) is 0 Å². The van der Waals surface area contributed by atoms with E-state index < -0.39 is 33.5 Å². The minimum Gasteiger partial charge on any atom is -0.242 e. The van der Waals surface area contributed by atoms with Crippen LogP contribution in [0.25, 0.3) is 0 Å². The van der Waals surface area contributed by atoms with E-state index in [1.165, 1.54) is 12.1 Å². The molecule has 1 N–H and O–H groups in total. The standard InChI is InChI=1S/C18H19ClF3NOS/c1-17(2,3)25(24)23-16(13-6-10-15(19)11-7-13)12-4-8-14(9-5-12)18(20,21)22/h4-11,16,23H,1-3H3/t16-,25?/m1/s1. The Morgan fingerprint density at radius 2 is 1.36 bits per heavy atom. The van der Waals surface area contributed by atoms with Crippen LogP contribution >= 0.6 is 11.6 Å². The van der Waals surface area contributed by atoms with E-state index in [1.54, 1.807) is 24.3 Å². The molecule has 0 saturated heterocycles. The van der Waals surface area contributed by atoms with Gasteiger partial charge in [0.1, 0.15) is 0 Å². The molecule has 0 aliphatic rings. The Hall–Kier alpha value is -1.37. The lowest BCUT2D eigenvalue weighted by Crippen LogP contribution is -2.36. The molecule has 0 amide bonds. The van der Waals surface area contributed by atoms with Crippen LogP contribution in [0.3, 0.4) is 0 Å². The van der Waals surface area contributed by atoms with Crippen LogP contribution in [0.1, 0.15) is 43.5 Å². The van der Waals surface area contributed by atoms with Gasteiger partial charge in [-0.3, -0.25) is 0 Å². The average Bonchev–Trinajstić information content (AvgIpc) is 2.52. The van der Waals surface area contributed by atoms with E-state index in [-0.39, 0.29) is 0 Å². The SMILES string of the molecule is CC(C)(C)S(=O)N[C@@H](c1ccc(Cl)cc1)c1ccc(C(F)(F)F)cc1. The van der Waals surface area contributed by atoms with Gasteiger partial charge in [0.15, 0.2) is 0 Å². The zero-order valence-corrected chi connectivity index (χ0v) is 15.6. The van der Waals surface area contributed by atoms with E-state index in [9.17, 15) is 17.4 Å². The number of hydrogen-bond acceptors (Lipinski definition) is 1. The maximum Gasteiger partial charge on any atom is 0.416 e. The number of halogens is 4. The Morgan fingerprint density at radius 1 is 0.920 bits per heavy atom. The van der Waals surface area contributed by atoms with Crippen LogP contribution in [-0.2, 0) is 17.2 Å². The molecule has 25 heavy (non-hydrogen) atoms. The van der Waals surface area contributed by atoms with E-state index in [4.69, 9.17) is 11.6 Å². The molecule has 0 fully saturated rings. The Labute approximate surface area is 153 Å². The van der Waals surface area contributed by atoms with Gasteiger partial charge in [0.25, 0.3) is 0 Å². The van der Waals surface area contributed by atoms with Gasteiger partial charge in [-0.25, -0.2) is 8.93 Å². The van der Waals surface area contributed by atoms with Crippen molar-refractivity contribution in [2.75, 3.05) is 0 Å². The monoisotopic (exact) mass is 389 g/mol. The lowest BCUT2D eigenvalue weighted by molar-refractivity contribution is -0.137. The molecule has 0 heterocycles. The van der Waals surface area contributed by atoms with E-state index in [0.29, 0.717) is 10.6 Å². The van der Waals surface area contributed by atoms with Gasteiger partial charge >= 0.3 is 6.18 Å². The van der Waals surface area contributed by atoms with Crippen molar-refractivity contribution in [2.45, 2.75) is 37.7 Å². The molecule has 0 aromatic heterocycles. The van der Waals surface area contributed by atoms with Gasteiger partial charge in [-0.05, 0) is 56.2 Å². The first-order valence-corrected chi connectivity index (χ1v) is 9.12. The normalized spacial score (nSPS) is 15.0. The summed E-state index contributed by atoms with van der Waals surface area (Å²) in [6.07, 6.45) is -4.39. The molecule has 2 atom stereocenters. The van der Waals surface area contributed by atoms with E-state index >= 15 is 0 Å². The fraction of sp³-hybridized carbons (Fsp3) is 0.333. The maximum atomic E-state index is 12.8. The second-order valence-electron chi connectivity index (χ2n) is 6.60. The van der Waals surface area contributed by atoms with E-state index in [0.717, 1.165) is 17.7 Å². The molecule has 2 rings (SSSR count). The van der Waals surface area contributed by atoms with Crippen LogP contribution < -0.4 is 4.72 Å². The zero-order valence-electron chi connectivity index (χ0n) is 14.0. The summed E-state index contributed by atoms with van der Waals surface area (Å²) in [4.78, 5) is 0. The summed E-state index contributed by atoms with van der Waals surface area (Å²) in [5.41, 5.74) is 0.637. The van der Waals surface area contributed by atoms with Crippen LogP contribution in [-0.4, -0.2) is 8.96 Å². The number of benzene rings is 2. The average molecular weight is 390 g/mol. The Balaban J connectivity index is 2.40. The van der Waals surface area contributed by atoms with Gasteiger partial charge in [0.2, 0.25) is 0 Å². The molecule has 0 spiro atoms. The summed E-state index contributed by atoms with van der Waals surface area (Å²) in [5, 5.41) is 0.548. The highest BCUT2D eigenvalue weighted by Gasteiger charge is 2.31. The number of nitrogens with one attached hydrogen (secondary N) is 1. The third-order valence-electron chi connectivity index (χ3n) is 3.56. The predicted molar refractivity (Wildman–Crippen MR) is 95.8 cm³/mol. The third-order valence-corrected chi connectivity index (χ3v) is 5.37. The minimum absolute atomic E-state index is 0.514. The highest BCUT2D eigenvalue weighted by atomic mass is 35.5. The Kier molecular flexibility index (Phi) is 5.97. The predicted octanol–water partition coefficient (Wildman–Crippen LogP) is 5.50. The van der Waals surface area contributed by atoms with Crippen molar-refractivity contribution in [2.24, 2.45) is 0 Å². The molecule has 0 saturated carbocycles. The fourth-order valence-corrected chi connectivity index (χ4v) is 3.10. The summed E-state index contributed by atoms with van der Waals surface area (Å²) < 4.78 is 53.3. The van der Waals surface area contributed by atoms with Crippen LogP contribution in [0, 0.1) is 0 Å². The lowest BCUT2D eigenvalue weighted by atomic mass is 9.98. The first-order valence-electron chi connectivity index (χ1n) is 7.59. The van der Waals surface area contributed by atoms with Crippen molar-refractivity contribution in [3.63, 3.8) is 0 Å². The van der Waals surface area contributed by atoms with Crippen molar-refractivity contribution in [3.05, 3.63) is 70.2 Å². The summed E-state index contributed by atoms with van der Waals surface area (Å²) in [5.74, 6) is 0. The van der Waals surface area contributed by atoms with Gasteiger partial charge in [0, 0.05) is 5.02 Å². The first kappa shape index (κ1) is 19.9. The number of rotatable bonds is 4. The van der Waals surface area contributed by atoms with Crippen LogP contribution in [0.2, 0.25) is 5.02 Å². The maximum absolute atomic E-state index is 12.8. The molecule has 136 valence electrons. The summed E-state index contributed by atoms with van der Waals surface area (Å²) in [6.45, 7) is 5.46. The topological polar surface area (TPSA) is 29.1 Å². The van der Waals surface area contributed by atoms with Crippen LogP contribution in [0.4, 0.5) is 13.2 Å². The quantitative estimate of drug-likeness (QED) is 0.735. The van der Waals surface area contributed by atoms with Crippen LogP contribution in [0.15, 0.2) is 48.5 Å². The Morgan fingerprint density at radius 3 is 1.76 bits per heavy atom. The highest BCUT2D eigenvalue weighted by molar-refractivity contribution is 7.84. The second kappa shape index (κ2) is 7.48. The summed E-state index contributed by atoms with van der Waals surface area (Å²) in [7, 11) is -1.40. The lowest BCUT2D eigenvalue weighted by Gasteiger charge is -2.25. The summed E-state index contributed by atoms with van der Waals surface area (Å²) >= 11 is 5.91. The zero-order chi connectivity index (χ0) is 18.8. The largest absolute Gasteiger partial charge is 0.416 e. The molecule has 0 radical (unpaired) electrons. The molecular formula is C18H19ClF3NOS. The van der Waals surface area contributed by atoms with Crippen molar-refractivity contribution in [1.82, 2.24) is 4.72 Å². The van der Waals surface area contributed by atoms with E-state index in [1.807, 2.05) is 20.8 Å². The van der Waals surface area contributed by atoms with Crippen LogP contribution in [0.5, 0.6) is 0 Å². The summed E-state index contributed by atoms with van der Waals surface area (Å²) in [6, 6.07) is 11.2. The third kappa shape index (κ3) is 5.30. The van der Waals surface area contributed by atoms with Crippen molar-refractivity contribution < 1.29 is 17.4 Å². The second-order valence-corrected chi connectivity index (χ2v) is 9.04. The molecule has 0 aliphatic heterocycles. The molecular weight excluding hydrogens is 371 g/mol. The smallest absolute Gasteiger partial charge is 0.242 e. The van der Waals surface area contributed by atoms with Gasteiger partial charge in [0.05, 0.1) is 27.3 Å². The molecule has 2 nitrogen and oxygen atoms in total. The molecule has 2 aromatic rings. The Bertz CT molecular complexity index is 737. The number of alkyl halides is 3. The molecule has 1 unspecified atom stereocenters. The molecule has 2 aromatic carbocycles. The first-order chi connectivity index (χ1) is 11.5. The van der Waals surface area contributed by atoms with Gasteiger partial charge in [-0.1, -0.05) is 35.9 Å². The molecule has 0 aliphatic carbocycles.